The maximum atomic E-state index is 11.9. The zero-order chi connectivity index (χ0) is 19.0. The van der Waals surface area contributed by atoms with Crippen LogP contribution in [0.4, 0.5) is 0 Å². The molecule has 1 aliphatic rings. The largest absolute Gasteiger partial charge is 0.485 e. The summed E-state index contributed by atoms with van der Waals surface area (Å²) in [4.78, 5) is 5.43. The van der Waals surface area contributed by atoms with E-state index in [0.29, 0.717) is 11.3 Å². The van der Waals surface area contributed by atoms with Crippen molar-refractivity contribution in [1.29, 1.82) is 5.26 Å². The number of guanidine groups is 1. The average Bonchev–Trinajstić information content (AvgIpc) is 2.49. The fourth-order valence-electron chi connectivity index (χ4n) is 2.61. The molecular formula is C16H22N4O4S. The van der Waals surface area contributed by atoms with Gasteiger partial charge >= 0.3 is 0 Å². The quantitative estimate of drug-likeness (QED) is 0.449. The zero-order valence-electron chi connectivity index (χ0n) is 14.8. The third-order valence-electron chi connectivity index (χ3n) is 4.01. The van der Waals surface area contributed by atoms with Crippen LogP contribution in [0.5, 0.6) is 5.75 Å². The first kappa shape index (κ1) is 19.0. The molecule has 0 fully saturated rings. The Hall–Kier alpha value is -2.31. The van der Waals surface area contributed by atoms with Crippen LogP contribution in [-0.2, 0) is 9.84 Å². The summed E-state index contributed by atoms with van der Waals surface area (Å²) in [5.74, 6) is 0.718. The van der Waals surface area contributed by atoms with Gasteiger partial charge in [0, 0.05) is 25.9 Å². The van der Waals surface area contributed by atoms with E-state index in [-0.39, 0.29) is 10.9 Å². The number of ether oxygens (including phenoxy) is 1. The van der Waals surface area contributed by atoms with Crippen molar-refractivity contribution in [1.82, 2.24) is 10.2 Å². The average molecular weight is 366 g/mol. The number of aliphatic imine (C=N–C) groups is 1. The second kappa shape index (κ2) is 6.54. The lowest BCUT2D eigenvalue weighted by atomic mass is 9.86. The Morgan fingerprint density at radius 1 is 1.44 bits per heavy atom. The molecule has 0 aliphatic carbocycles. The van der Waals surface area contributed by atoms with Crippen LogP contribution in [0.2, 0.25) is 0 Å². The van der Waals surface area contributed by atoms with Crippen molar-refractivity contribution in [3.63, 3.8) is 0 Å². The number of rotatable bonds is 2. The number of sulfone groups is 1. The molecule has 0 saturated carbocycles. The molecule has 9 heteroatoms. The number of hydrogen-bond donors (Lipinski definition) is 2. The lowest BCUT2D eigenvalue weighted by Gasteiger charge is -2.43. The van der Waals surface area contributed by atoms with Crippen LogP contribution in [0.1, 0.15) is 25.5 Å². The Labute approximate surface area is 147 Å². The van der Waals surface area contributed by atoms with Gasteiger partial charge in [-0.3, -0.25) is 0 Å². The molecule has 2 atom stereocenters. The van der Waals surface area contributed by atoms with Gasteiger partial charge in [-0.2, -0.15) is 5.26 Å². The Bertz CT molecular complexity index is 840. The number of benzene rings is 1. The summed E-state index contributed by atoms with van der Waals surface area (Å²) in [7, 11) is -0.0145. The summed E-state index contributed by atoms with van der Waals surface area (Å²) in [5.41, 5.74) is -0.427. The van der Waals surface area contributed by atoms with E-state index in [1.165, 1.54) is 12.1 Å². The van der Waals surface area contributed by atoms with Crippen molar-refractivity contribution in [2.24, 2.45) is 4.99 Å². The third kappa shape index (κ3) is 3.86. The van der Waals surface area contributed by atoms with Crippen molar-refractivity contribution in [3.05, 3.63) is 23.8 Å². The first-order valence-corrected chi connectivity index (χ1v) is 9.48. The van der Waals surface area contributed by atoms with Crippen LogP contribution in [0.25, 0.3) is 0 Å². The van der Waals surface area contributed by atoms with Gasteiger partial charge in [0.15, 0.2) is 9.84 Å². The van der Waals surface area contributed by atoms with E-state index in [4.69, 9.17) is 10.00 Å². The van der Waals surface area contributed by atoms with E-state index in [1.807, 2.05) is 0 Å². The van der Waals surface area contributed by atoms with E-state index in [9.17, 15) is 13.5 Å². The molecule has 0 unspecified atom stereocenters. The van der Waals surface area contributed by atoms with Crippen molar-refractivity contribution in [2.45, 2.75) is 36.5 Å². The van der Waals surface area contributed by atoms with E-state index >= 15 is 0 Å². The Balaban J connectivity index is 2.58. The first-order valence-electron chi connectivity index (χ1n) is 7.59. The first-order chi connectivity index (χ1) is 11.5. The Kier molecular flexibility index (Phi) is 4.97. The molecule has 8 nitrogen and oxygen atoms in total. The van der Waals surface area contributed by atoms with E-state index < -0.39 is 27.6 Å². The minimum Gasteiger partial charge on any atom is -0.485 e. The number of hydrogen-bond acceptors (Lipinski definition) is 6. The molecule has 1 aromatic carbocycles. The summed E-state index contributed by atoms with van der Waals surface area (Å²) in [6, 6.07) is 3.82. The fraction of sp³-hybridized carbons (Fsp3) is 0.500. The van der Waals surface area contributed by atoms with Crippen LogP contribution in [0.15, 0.2) is 28.1 Å². The number of aliphatic hydroxyl groups is 1. The van der Waals surface area contributed by atoms with Crippen LogP contribution in [0.3, 0.4) is 0 Å². The maximum absolute atomic E-state index is 11.9. The highest BCUT2D eigenvalue weighted by Crippen LogP contribution is 2.40. The van der Waals surface area contributed by atoms with Crippen LogP contribution in [0, 0.1) is 11.5 Å². The minimum absolute atomic E-state index is 0.122. The van der Waals surface area contributed by atoms with Crippen LogP contribution < -0.4 is 10.1 Å². The Morgan fingerprint density at radius 3 is 2.60 bits per heavy atom. The Morgan fingerprint density at radius 2 is 2.08 bits per heavy atom. The molecule has 0 spiro atoms. The highest BCUT2D eigenvalue weighted by atomic mass is 32.2. The van der Waals surface area contributed by atoms with Gasteiger partial charge < -0.3 is 20.1 Å². The lowest BCUT2D eigenvalue weighted by molar-refractivity contribution is -0.0615. The monoisotopic (exact) mass is 366 g/mol. The predicted octanol–water partition coefficient (Wildman–Crippen LogP) is 0.651. The number of aliphatic hydroxyl groups excluding tert-OH is 1. The summed E-state index contributed by atoms with van der Waals surface area (Å²) in [6.07, 6.45) is 1.82. The third-order valence-corrected chi connectivity index (χ3v) is 5.12. The molecule has 0 aromatic heterocycles. The molecule has 25 heavy (non-hydrogen) atoms. The maximum Gasteiger partial charge on any atom is 0.209 e. The summed E-state index contributed by atoms with van der Waals surface area (Å²) < 4.78 is 29.6. The molecule has 0 radical (unpaired) electrons. The molecule has 1 heterocycles. The molecular weight excluding hydrogens is 344 g/mol. The predicted molar refractivity (Wildman–Crippen MR) is 92.9 cm³/mol. The highest BCUT2D eigenvalue weighted by molar-refractivity contribution is 7.90. The van der Waals surface area contributed by atoms with Crippen LogP contribution in [-0.4, -0.2) is 56.4 Å². The minimum atomic E-state index is -3.42. The summed E-state index contributed by atoms with van der Waals surface area (Å²) in [6.45, 7) is 3.47. The van der Waals surface area contributed by atoms with E-state index in [1.54, 1.807) is 45.1 Å². The normalized spacial score (nSPS) is 22.4. The molecule has 2 N–H and O–H groups in total. The van der Waals surface area contributed by atoms with Gasteiger partial charge in [0.2, 0.25) is 12.2 Å². The molecule has 2 rings (SSSR count). The van der Waals surface area contributed by atoms with Crippen molar-refractivity contribution in [2.75, 3.05) is 20.4 Å². The van der Waals surface area contributed by atoms with Gasteiger partial charge in [-0.1, -0.05) is 0 Å². The number of fused-ring (bicyclic) bond motifs is 1. The number of nitriles is 1. The highest BCUT2D eigenvalue weighted by Gasteiger charge is 2.43. The van der Waals surface area contributed by atoms with Crippen molar-refractivity contribution < 1.29 is 18.3 Å². The van der Waals surface area contributed by atoms with Crippen molar-refractivity contribution in [3.8, 4) is 11.9 Å². The zero-order valence-corrected chi connectivity index (χ0v) is 15.6. The molecule has 1 aliphatic heterocycles. The molecule has 1 aromatic rings. The molecule has 0 amide bonds. The fourth-order valence-corrected chi connectivity index (χ4v) is 3.27. The van der Waals surface area contributed by atoms with E-state index in [2.05, 4.69) is 10.3 Å². The molecule has 0 bridgehead atoms. The lowest BCUT2D eigenvalue weighted by Crippen LogP contribution is -2.55. The summed E-state index contributed by atoms with van der Waals surface area (Å²) >= 11 is 0. The SMILES string of the molecule is CN(C)/C(=N/C#N)N[C@H]1c2cc(S(C)(=O)=O)ccc2OC(C)(C)[C@@H]1O. The van der Waals surface area contributed by atoms with Gasteiger partial charge in [-0.05, 0) is 32.0 Å². The van der Waals surface area contributed by atoms with Gasteiger partial charge in [-0.25, -0.2) is 8.42 Å². The van der Waals surface area contributed by atoms with Crippen molar-refractivity contribution >= 4 is 15.8 Å². The molecule has 0 saturated heterocycles. The van der Waals surface area contributed by atoms with Crippen LogP contribution >= 0.6 is 0 Å². The number of nitrogens with one attached hydrogen (secondary N) is 1. The second-order valence-electron chi connectivity index (χ2n) is 6.67. The van der Waals surface area contributed by atoms with Gasteiger partial charge in [0.05, 0.1) is 10.9 Å². The van der Waals surface area contributed by atoms with Gasteiger partial charge in [0.25, 0.3) is 0 Å². The second-order valence-corrected chi connectivity index (χ2v) is 8.69. The smallest absolute Gasteiger partial charge is 0.209 e. The van der Waals surface area contributed by atoms with Gasteiger partial charge in [0.1, 0.15) is 17.5 Å². The number of nitrogens with zero attached hydrogens (tertiary/aromatic N) is 3. The standard InChI is InChI=1S/C16H22N4O4S/c1-16(2)14(21)13(19-15(18-9-17)20(3)4)11-8-10(25(5,22)23)6-7-12(11)24-16/h6-8,13-14,21H,1-5H3,(H,18,19)/t13-,14+/m0/s1. The topological polar surface area (TPSA) is 115 Å². The summed E-state index contributed by atoms with van der Waals surface area (Å²) in [5, 5.41) is 22.6. The molecule has 136 valence electrons. The van der Waals surface area contributed by atoms with E-state index in [0.717, 1.165) is 6.26 Å². The van der Waals surface area contributed by atoms with Gasteiger partial charge in [-0.15, -0.1) is 4.99 Å².